The molecule has 1 fully saturated rings. The molecule has 1 aliphatic rings. The van der Waals surface area contributed by atoms with E-state index < -0.39 is 41.3 Å². The summed E-state index contributed by atoms with van der Waals surface area (Å²) in [6.45, 7) is -1.13. The number of amides is 3. The number of carbonyl (C=O) groups excluding carboxylic acids is 3. The van der Waals surface area contributed by atoms with Gasteiger partial charge in [-0.25, -0.2) is 0 Å². The molecule has 2 heterocycles. The van der Waals surface area contributed by atoms with Gasteiger partial charge in [0, 0.05) is 10.4 Å². The fourth-order valence-electron chi connectivity index (χ4n) is 3.62. The summed E-state index contributed by atoms with van der Waals surface area (Å²) in [6, 6.07) is 7.74. The first-order chi connectivity index (χ1) is 16.8. The summed E-state index contributed by atoms with van der Waals surface area (Å²) < 4.78 is 41.8. The zero-order valence-corrected chi connectivity index (χ0v) is 19.4. The summed E-state index contributed by atoms with van der Waals surface area (Å²) >= 11 is 6.29. The standard InChI is InChI=1S/C22H14ClF3N4O5S/c23-12-3-2-11(14(7-12)22(24,25)26)8-30-15-4-1-10(5-13(15)18(28-30)19(27)33)6-16-20(34)29(9-17(31)32)21(35)36-16/h1-7H,8-9H2,(H2,27,33)(H,31,32). The Bertz CT molecular complexity index is 1480. The summed E-state index contributed by atoms with van der Waals surface area (Å²) in [5.41, 5.74) is 4.79. The summed E-state index contributed by atoms with van der Waals surface area (Å²) in [7, 11) is 0. The lowest BCUT2D eigenvalue weighted by Crippen LogP contribution is -2.33. The minimum atomic E-state index is -4.67. The normalized spacial score (nSPS) is 15.3. The predicted molar refractivity (Wildman–Crippen MR) is 124 cm³/mol. The number of hydrogen-bond donors (Lipinski definition) is 2. The number of carboxylic acid groups (broad SMARTS) is 1. The van der Waals surface area contributed by atoms with Crippen LogP contribution in [0.1, 0.15) is 27.2 Å². The van der Waals surface area contributed by atoms with Gasteiger partial charge in [0.05, 0.1) is 22.5 Å². The number of benzene rings is 2. The lowest BCUT2D eigenvalue weighted by atomic mass is 10.1. The van der Waals surface area contributed by atoms with Gasteiger partial charge in [-0.15, -0.1) is 0 Å². The number of thioether (sulfide) groups is 1. The van der Waals surface area contributed by atoms with Gasteiger partial charge < -0.3 is 10.8 Å². The second-order valence-corrected chi connectivity index (χ2v) is 9.04. The van der Waals surface area contributed by atoms with Crippen molar-refractivity contribution in [3.05, 3.63) is 68.7 Å². The zero-order chi connectivity index (χ0) is 26.4. The lowest BCUT2D eigenvalue weighted by Gasteiger charge is -2.14. The highest BCUT2D eigenvalue weighted by atomic mass is 35.5. The van der Waals surface area contributed by atoms with Gasteiger partial charge in [0.25, 0.3) is 17.1 Å². The van der Waals surface area contributed by atoms with Crippen LogP contribution in [0.5, 0.6) is 0 Å². The maximum atomic E-state index is 13.5. The van der Waals surface area contributed by atoms with Crippen LogP contribution in [0.25, 0.3) is 17.0 Å². The number of aromatic nitrogens is 2. The van der Waals surface area contributed by atoms with Crippen molar-refractivity contribution in [2.24, 2.45) is 5.73 Å². The summed E-state index contributed by atoms with van der Waals surface area (Å²) in [5, 5.41) is 12.3. The van der Waals surface area contributed by atoms with Gasteiger partial charge in [0.1, 0.15) is 6.54 Å². The van der Waals surface area contributed by atoms with Crippen molar-refractivity contribution in [1.29, 1.82) is 0 Å². The van der Waals surface area contributed by atoms with Crippen LogP contribution in [0.3, 0.4) is 0 Å². The number of aliphatic carboxylic acids is 1. The van der Waals surface area contributed by atoms with E-state index in [9.17, 15) is 32.3 Å². The number of rotatable bonds is 6. The third-order valence-electron chi connectivity index (χ3n) is 5.17. The molecule has 3 N–H and O–H groups in total. The highest BCUT2D eigenvalue weighted by Gasteiger charge is 2.36. The number of fused-ring (bicyclic) bond motifs is 1. The molecule has 0 bridgehead atoms. The molecule has 9 nitrogen and oxygen atoms in total. The molecule has 0 spiro atoms. The monoisotopic (exact) mass is 538 g/mol. The molecule has 3 amide bonds. The molecule has 0 radical (unpaired) electrons. The number of nitrogens with zero attached hydrogens (tertiary/aromatic N) is 3. The number of carbonyl (C=O) groups is 4. The maximum absolute atomic E-state index is 13.5. The van der Waals surface area contributed by atoms with Crippen molar-refractivity contribution in [2.45, 2.75) is 12.7 Å². The van der Waals surface area contributed by atoms with E-state index >= 15 is 0 Å². The van der Waals surface area contributed by atoms with Gasteiger partial charge in [-0.05, 0) is 53.2 Å². The highest BCUT2D eigenvalue weighted by molar-refractivity contribution is 8.18. The number of primary amides is 1. The number of alkyl halides is 3. The van der Waals surface area contributed by atoms with E-state index in [0.717, 1.165) is 6.07 Å². The van der Waals surface area contributed by atoms with Crippen molar-refractivity contribution in [2.75, 3.05) is 6.54 Å². The summed E-state index contributed by atoms with van der Waals surface area (Å²) in [5.74, 6) is -3.07. The summed E-state index contributed by atoms with van der Waals surface area (Å²) in [4.78, 5) is 47.8. The van der Waals surface area contributed by atoms with E-state index in [-0.39, 0.29) is 33.1 Å². The third kappa shape index (κ3) is 4.93. The van der Waals surface area contributed by atoms with Crippen LogP contribution in [0, 0.1) is 0 Å². The van der Waals surface area contributed by atoms with Crippen molar-refractivity contribution in [1.82, 2.24) is 14.7 Å². The first kappa shape index (κ1) is 25.3. The number of hydrogen-bond acceptors (Lipinski definition) is 6. The lowest BCUT2D eigenvalue weighted by molar-refractivity contribution is -0.140. The maximum Gasteiger partial charge on any atom is 0.416 e. The molecule has 1 aromatic heterocycles. The van der Waals surface area contributed by atoms with E-state index in [4.69, 9.17) is 22.4 Å². The van der Waals surface area contributed by atoms with Crippen LogP contribution >= 0.6 is 23.4 Å². The largest absolute Gasteiger partial charge is 0.480 e. The van der Waals surface area contributed by atoms with E-state index in [1.54, 1.807) is 0 Å². The molecule has 4 rings (SSSR count). The fourth-order valence-corrected chi connectivity index (χ4v) is 4.63. The molecular weight excluding hydrogens is 525 g/mol. The zero-order valence-electron chi connectivity index (χ0n) is 17.9. The number of imide groups is 1. The quantitative estimate of drug-likeness (QED) is 0.453. The molecule has 0 unspecified atom stereocenters. The minimum absolute atomic E-state index is 0.0374. The van der Waals surface area contributed by atoms with Crippen molar-refractivity contribution in [3.8, 4) is 0 Å². The van der Waals surface area contributed by atoms with Crippen LogP contribution in [-0.2, 0) is 22.3 Å². The van der Waals surface area contributed by atoms with E-state index in [0.29, 0.717) is 27.7 Å². The van der Waals surface area contributed by atoms with Gasteiger partial charge in [-0.2, -0.15) is 18.3 Å². The van der Waals surface area contributed by atoms with E-state index in [1.165, 1.54) is 41.1 Å². The van der Waals surface area contributed by atoms with E-state index in [1.807, 2.05) is 0 Å². The van der Waals surface area contributed by atoms with Crippen molar-refractivity contribution < 1.29 is 37.5 Å². The van der Waals surface area contributed by atoms with E-state index in [2.05, 4.69) is 5.10 Å². The van der Waals surface area contributed by atoms with Crippen LogP contribution in [0.4, 0.5) is 18.0 Å². The van der Waals surface area contributed by atoms with Crippen molar-refractivity contribution in [3.63, 3.8) is 0 Å². The van der Waals surface area contributed by atoms with Gasteiger partial charge in [0.15, 0.2) is 5.69 Å². The Kier molecular flexibility index (Phi) is 6.54. The summed E-state index contributed by atoms with van der Waals surface area (Å²) in [6.07, 6.45) is -3.35. The van der Waals surface area contributed by atoms with Crippen molar-refractivity contribution >= 4 is 63.4 Å². The van der Waals surface area contributed by atoms with Gasteiger partial charge in [0.2, 0.25) is 0 Å². The minimum Gasteiger partial charge on any atom is -0.480 e. The predicted octanol–water partition coefficient (Wildman–Crippen LogP) is 3.98. The first-order valence-corrected chi connectivity index (χ1v) is 11.2. The van der Waals surface area contributed by atoms with Gasteiger partial charge >= 0.3 is 12.1 Å². The van der Waals surface area contributed by atoms with Crippen LogP contribution in [-0.4, -0.2) is 49.4 Å². The van der Waals surface area contributed by atoms with Crippen LogP contribution in [0.15, 0.2) is 41.3 Å². The molecule has 186 valence electrons. The number of halogens is 4. The van der Waals surface area contributed by atoms with Gasteiger partial charge in [-0.1, -0.05) is 23.7 Å². The molecule has 3 aromatic rings. The van der Waals surface area contributed by atoms with Crippen LogP contribution in [0.2, 0.25) is 5.02 Å². The third-order valence-corrected chi connectivity index (χ3v) is 6.31. The molecule has 0 saturated carbocycles. The Hall–Kier alpha value is -3.84. The average Bonchev–Trinajstić information content (AvgIpc) is 3.26. The second-order valence-electron chi connectivity index (χ2n) is 7.61. The Morgan fingerprint density at radius 1 is 1.17 bits per heavy atom. The second kappa shape index (κ2) is 9.32. The average molecular weight is 539 g/mol. The topological polar surface area (TPSA) is 136 Å². The molecule has 2 aromatic carbocycles. The fraction of sp³-hybridized carbons (Fsp3) is 0.136. The Balaban J connectivity index is 1.74. The number of carboxylic acids is 1. The van der Waals surface area contributed by atoms with Crippen LogP contribution < -0.4 is 5.73 Å². The highest BCUT2D eigenvalue weighted by Crippen LogP contribution is 2.35. The Morgan fingerprint density at radius 2 is 1.89 bits per heavy atom. The molecule has 36 heavy (non-hydrogen) atoms. The molecule has 0 atom stereocenters. The first-order valence-electron chi connectivity index (χ1n) is 9.98. The number of nitrogens with two attached hydrogens (primary N) is 1. The Morgan fingerprint density at radius 3 is 2.53 bits per heavy atom. The SMILES string of the molecule is NC(=O)c1nn(Cc2ccc(Cl)cc2C(F)(F)F)c2ccc(C=C3SC(=O)N(CC(=O)O)C3=O)cc12. The molecule has 1 aliphatic heterocycles. The Labute approximate surface area is 209 Å². The molecule has 14 heteroatoms. The molecular formula is C22H14ClF3N4O5S. The smallest absolute Gasteiger partial charge is 0.416 e. The molecule has 1 saturated heterocycles. The van der Waals surface area contributed by atoms with Gasteiger partial charge in [-0.3, -0.25) is 28.8 Å². The molecule has 0 aliphatic carbocycles.